The summed E-state index contributed by atoms with van der Waals surface area (Å²) in [5, 5.41) is 13.6. The number of aliphatic hydroxyl groups is 1. The van der Waals surface area contributed by atoms with Gasteiger partial charge in [0.15, 0.2) is 0 Å². The standard InChI is InChI=1S/C19H21F3N4O2S/c1-11-10-29-15(23-11)18(28,19(20,21)22)9-14(27)25-16-24-12-7-5-6-8-13(12)26(16)17(2,3)4/h5-8,10,28H,9H2,1-4H3,(H,24,25,27). The first-order valence-electron chi connectivity index (χ1n) is 8.82. The zero-order valence-corrected chi connectivity index (χ0v) is 17.1. The lowest BCUT2D eigenvalue weighted by atomic mass is 9.99. The van der Waals surface area contributed by atoms with Crippen molar-refractivity contribution in [1.82, 2.24) is 14.5 Å². The molecule has 0 aliphatic carbocycles. The molecule has 2 aromatic heterocycles. The van der Waals surface area contributed by atoms with E-state index in [9.17, 15) is 23.1 Å². The second-order valence-electron chi connectivity index (χ2n) is 7.81. The molecule has 1 unspecified atom stereocenters. The minimum atomic E-state index is -5.07. The third-order valence-electron chi connectivity index (χ3n) is 4.34. The van der Waals surface area contributed by atoms with E-state index in [1.807, 2.05) is 32.9 Å². The molecule has 0 fully saturated rings. The quantitative estimate of drug-likeness (QED) is 0.651. The Hall–Kier alpha value is -2.46. The summed E-state index contributed by atoms with van der Waals surface area (Å²) in [5.41, 5.74) is -2.21. The van der Waals surface area contributed by atoms with Crippen molar-refractivity contribution in [1.29, 1.82) is 0 Å². The first-order valence-corrected chi connectivity index (χ1v) is 9.70. The number of amides is 1. The second kappa shape index (κ2) is 7.10. The molecule has 0 saturated carbocycles. The molecule has 0 aliphatic rings. The molecule has 0 saturated heterocycles. The van der Waals surface area contributed by atoms with Gasteiger partial charge in [0.2, 0.25) is 17.5 Å². The monoisotopic (exact) mass is 426 g/mol. The number of rotatable bonds is 4. The van der Waals surface area contributed by atoms with Crippen LogP contribution in [0.1, 0.15) is 37.9 Å². The van der Waals surface area contributed by atoms with Crippen LogP contribution >= 0.6 is 11.3 Å². The highest BCUT2D eigenvalue weighted by Gasteiger charge is 2.58. The molecule has 0 aliphatic heterocycles. The predicted molar refractivity (Wildman–Crippen MR) is 105 cm³/mol. The number of aromatic nitrogens is 3. The van der Waals surface area contributed by atoms with Crippen LogP contribution in [0.15, 0.2) is 29.6 Å². The van der Waals surface area contributed by atoms with Gasteiger partial charge in [-0.2, -0.15) is 13.2 Å². The molecule has 2 heterocycles. The normalized spacial score (nSPS) is 14.8. The number of para-hydroxylation sites is 2. The van der Waals surface area contributed by atoms with E-state index in [-0.39, 0.29) is 5.95 Å². The number of fused-ring (bicyclic) bond motifs is 1. The zero-order valence-electron chi connectivity index (χ0n) is 16.3. The van der Waals surface area contributed by atoms with Gasteiger partial charge in [0.1, 0.15) is 5.01 Å². The van der Waals surface area contributed by atoms with Crippen LogP contribution in [-0.4, -0.2) is 31.7 Å². The fraction of sp³-hybridized carbons (Fsp3) is 0.421. The minimum Gasteiger partial charge on any atom is -0.374 e. The third-order valence-corrected chi connectivity index (χ3v) is 5.45. The number of nitrogens with zero attached hydrogens (tertiary/aromatic N) is 3. The largest absolute Gasteiger partial charge is 0.424 e. The highest BCUT2D eigenvalue weighted by Crippen LogP contribution is 2.43. The minimum absolute atomic E-state index is 0.114. The maximum absolute atomic E-state index is 13.7. The van der Waals surface area contributed by atoms with Crippen LogP contribution in [0.2, 0.25) is 0 Å². The molecule has 6 nitrogen and oxygen atoms in total. The van der Waals surface area contributed by atoms with Gasteiger partial charge in [-0.1, -0.05) is 12.1 Å². The maximum atomic E-state index is 13.7. The van der Waals surface area contributed by atoms with E-state index < -0.39 is 34.7 Å². The number of carbonyl (C=O) groups excluding carboxylic acids is 1. The Morgan fingerprint density at radius 3 is 2.41 bits per heavy atom. The number of hydrogen-bond donors (Lipinski definition) is 2. The summed E-state index contributed by atoms with van der Waals surface area (Å²) in [6.07, 6.45) is -6.30. The molecule has 1 aromatic carbocycles. The molecule has 156 valence electrons. The van der Waals surface area contributed by atoms with Crippen LogP contribution in [0.5, 0.6) is 0 Å². The first-order chi connectivity index (χ1) is 13.3. The van der Waals surface area contributed by atoms with Crippen LogP contribution in [-0.2, 0) is 15.9 Å². The van der Waals surface area contributed by atoms with Crippen molar-refractivity contribution in [3.8, 4) is 0 Å². The molecular weight excluding hydrogens is 405 g/mol. The average molecular weight is 426 g/mol. The van der Waals surface area contributed by atoms with Gasteiger partial charge in [-0.05, 0) is 39.8 Å². The lowest BCUT2D eigenvalue weighted by Gasteiger charge is -2.28. The van der Waals surface area contributed by atoms with Crippen molar-refractivity contribution in [2.24, 2.45) is 0 Å². The number of thiazole rings is 1. The number of imidazole rings is 1. The fourth-order valence-corrected chi connectivity index (χ4v) is 3.95. The summed E-state index contributed by atoms with van der Waals surface area (Å²) in [5.74, 6) is -0.901. The molecule has 1 amide bonds. The molecule has 10 heteroatoms. The summed E-state index contributed by atoms with van der Waals surface area (Å²) in [7, 11) is 0. The van der Waals surface area contributed by atoms with Gasteiger partial charge in [0, 0.05) is 16.6 Å². The summed E-state index contributed by atoms with van der Waals surface area (Å²) in [6, 6.07) is 7.15. The van der Waals surface area contributed by atoms with Gasteiger partial charge in [-0.15, -0.1) is 11.3 Å². The van der Waals surface area contributed by atoms with E-state index in [2.05, 4.69) is 15.3 Å². The number of hydrogen-bond acceptors (Lipinski definition) is 5. The molecule has 0 radical (unpaired) electrons. The fourth-order valence-electron chi connectivity index (χ4n) is 3.03. The van der Waals surface area contributed by atoms with Crippen LogP contribution in [0.3, 0.4) is 0 Å². The predicted octanol–water partition coefficient (Wildman–Crippen LogP) is 4.33. The number of benzene rings is 1. The Morgan fingerprint density at radius 2 is 1.86 bits per heavy atom. The van der Waals surface area contributed by atoms with Gasteiger partial charge in [0.05, 0.1) is 17.5 Å². The zero-order chi connectivity index (χ0) is 21.6. The third kappa shape index (κ3) is 3.99. The highest BCUT2D eigenvalue weighted by atomic mass is 32.1. The van der Waals surface area contributed by atoms with Crippen molar-refractivity contribution >= 4 is 34.2 Å². The number of alkyl halides is 3. The molecule has 3 rings (SSSR count). The SMILES string of the molecule is Cc1csc(C(O)(CC(=O)Nc2nc3ccccc3n2C(C)(C)C)C(F)(F)F)n1. The van der Waals surface area contributed by atoms with E-state index in [0.29, 0.717) is 22.5 Å². The highest BCUT2D eigenvalue weighted by molar-refractivity contribution is 7.09. The second-order valence-corrected chi connectivity index (χ2v) is 8.67. The van der Waals surface area contributed by atoms with Crippen LogP contribution < -0.4 is 5.32 Å². The smallest absolute Gasteiger partial charge is 0.374 e. The summed E-state index contributed by atoms with van der Waals surface area (Å²) in [6.45, 7) is 7.19. The van der Waals surface area contributed by atoms with Crippen molar-refractivity contribution in [3.05, 3.63) is 40.3 Å². The summed E-state index contributed by atoms with van der Waals surface area (Å²) < 4.78 is 42.7. The molecule has 29 heavy (non-hydrogen) atoms. The molecule has 0 spiro atoms. The van der Waals surface area contributed by atoms with E-state index in [4.69, 9.17) is 0 Å². The van der Waals surface area contributed by atoms with Crippen LogP contribution in [0.25, 0.3) is 11.0 Å². The number of aryl methyl sites for hydroxylation is 1. The Bertz CT molecular complexity index is 1050. The number of nitrogens with one attached hydrogen (secondary N) is 1. The average Bonchev–Trinajstić information content (AvgIpc) is 3.16. The van der Waals surface area contributed by atoms with E-state index in [1.165, 1.54) is 12.3 Å². The topological polar surface area (TPSA) is 80.0 Å². The van der Waals surface area contributed by atoms with Gasteiger partial charge < -0.3 is 9.67 Å². The van der Waals surface area contributed by atoms with Crippen molar-refractivity contribution < 1.29 is 23.1 Å². The van der Waals surface area contributed by atoms with Crippen LogP contribution in [0.4, 0.5) is 19.1 Å². The number of anilines is 1. The van der Waals surface area contributed by atoms with E-state index in [1.54, 1.807) is 16.7 Å². The number of halogens is 3. The van der Waals surface area contributed by atoms with Gasteiger partial charge >= 0.3 is 6.18 Å². The van der Waals surface area contributed by atoms with E-state index >= 15 is 0 Å². The Morgan fingerprint density at radius 1 is 1.21 bits per heavy atom. The Kier molecular flexibility index (Phi) is 5.20. The lowest BCUT2D eigenvalue weighted by Crippen LogP contribution is -2.45. The van der Waals surface area contributed by atoms with Gasteiger partial charge in [-0.3, -0.25) is 10.1 Å². The molecule has 1 atom stereocenters. The molecular formula is C19H21F3N4O2S. The molecule has 2 N–H and O–H groups in total. The summed E-state index contributed by atoms with van der Waals surface area (Å²) >= 11 is 0.661. The van der Waals surface area contributed by atoms with Crippen LogP contribution in [0, 0.1) is 6.92 Å². The van der Waals surface area contributed by atoms with Crippen molar-refractivity contribution in [2.75, 3.05) is 5.32 Å². The van der Waals surface area contributed by atoms with E-state index in [0.717, 1.165) is 5.52 Å². The summed E-state index contributed by atoms with van der Waals surface area (Å²) in [4.78, 5) is 20.7. The maximum Gasteiger partial charge on any atom is 0.424 e. The molecule has 3 aromatic rings. The Balaban J connectivity index is 1.96. The molecule has 0 bridgehead atoms. The first kappa shape index (κ1) is 21.3. The Labute approximate surface area is 169 Å². The lowest BCUT2D eigenvalue weighted by molar-refractivity contribution is -0.266. The van der Waals surface area contributed by atoms with Crippen molar-refractivity contribution in [2.45, 2.75) is 51.4 Å². The van der Waals surface area contributed by atoms with Crippen molar-refractivity contribution in [3.63, 3.8) is 0 Å². The van der Waals surface area contributed by atoms with Gasteiger partial charge in [-0.25, -0.2) is 9.97 Å². The van der Waals surface area contributed by atoms with Gasteiger partial charge in [0.25, 0.3) is 0 Å². The number of carbonyl (C=O) groups is 1.